The Morgan fingerprint density at radius 1 is 1.35 bits per heavy atom. The molecule has 0 aromatic heterocycles. The zero-order valence-electron chi connectivity index (χ0n) is 10.4. The smallest absolute Gasteiger partial charge is 0.225 e. The monoisotopic (exact) mass is 326 g/mol. The van der Waals surface area contributed by atoms with Gasteiger partial charge in [0, 0.05) is 48.3 Å². The third-order valence-corrected chi connectivity index (χ3v) is 3.83. The Labute approximate surface area is 125 Å². The van der Waals surface area contributed by atoms with Crippen LogP contribution in [0.15, 0.2) is 12.1 Å². The van der Waals surface area contributed by atoms with E-state index in [1.165, 1.54) is 0 Å². The van der Waals surface area contributed by atoms with E-state index in [0.29, 0.717) is 0 Å². The van der Waals surface area contributed by atoms with Gasteiger partial charge in [-0.05, 0) is 0 Å². The third kappa shape index (κ3) is 4.57. The van der Waals surface area contributed by atoms with Crippen molar-refractivity contribution in [2.24, 2.45) is 0 Å². The van der Waals surface area contributed by atoms with Crippen LogP contribution >= 0.6 is 24.2 Å². The molecule has 0 aliphatic carbocycles. The summed E-state index contributed by atoms with van der Waals surface area (Å²) in [5.74, 6) is -2.71. The molecule has 1 atom stereocenters. The number of benzene rings is 1. The highest BCUT2D eigenvalue weighted by Gasteiger charge is 2.18. The Morgan fingerprint density at radius 2 is 2.00 bits per heavy atom. The second-order valence-corrected chi connectivity index (χ2v) is 5.38. The van der Waals surface area contributed by atoms with Gasteiger partial charge in [-0.15, -0.1) is 12.4 Å². The SMILES string of the molecule is Cl.O=C(CC1CSCCN1)Nc1cc(F)c(F)c(F)c1. The number of anilines is 1. The predicted octanol–water partition coefficient (Wildman–Crippen LogP) is 2.56. The van der Waals surface area contributed by atoms with Crippen molar-refractivity contribution in [2.45, 2.75) is 12.5 Å². The summed E-state index contributed by atoms with van der Waals surface area (Å²) in [6, 6.07) is 1.58. The quantitative estimate of drug-likeness (QED) is 0.839. The first-order valence-corrected chi connectivity index (χ1v) is 6.97. The molecule has 1 aliphatic heterocycles. The van der Waals surface area contributed by atoms with Crippen LogP contribution in [-0.2, 0) is 4.79 Å². The van der Waals surface area contributed by atoms with Crippen LogP contribution in [0.1, 0.15) is 6.42 Å². The lowest BCUT2D eigenvalue weighted by Gasteiger charge is -2.22. The Bertz CT molecular complexity index is 461. The molecule has 0 spiro atoms. The molecule has 1 saturated heterocycles. The van der Waals surface area contributed by atoms with E-state index in [0.717, 1.165) is 30.2 Å². The van der Waals surface area contributed by atoms with E-state index in [9.17, 15) is 18.0 Å². The minimum Gasteiger partial charge on any atom is -0.326 e. The molecular formula is C12H14ClF3N2OS. The van der Waals surface area contributed by atoms with Crippen LogP contribution in [0.2, 0.25) is 0 Å². The fourth-order valence-electron chi connectivity index (χ4n) is 1.81. The molecule has 2 rings (SSSR count). The summed E-state index contributed by atoms with van der Waals surface area (Å²) in [6.07, 6.45) is 0.216. The van der Waals surface area contributed by atoms with E-state index >= 15 is 0 Å². The van der Waals surface area contributed by atoms with Crippen LogP contribution in [0, 0.1) is 17.5 Å². The van der Waals surface area contributed by atoms with E-state index in [-0.39, 0.29) is 36.5 Å². The molecular weight excluding hydrogens is 313 g/mol. The summed E-state index contributed by atoms with van der Waals surface area (Å²) >= 11 is 1.75. The highest BCUT2D eigenvalue weighted by atomic mass is 35.5. The lowest BCUT2D eigenvalue weighted by Crippen LogP contribution is -2.39. The summed E-state index contributed by atoms with van der Waals surface area (Å²) < 4.78 is 38.7. The minimum atomic E-state index is -1.54. The highest BCUT2D eigenvalue weighted by Crippen LogP contribution is 2.18. The number of halogens is 4. The predicted molar refractivity (Wildman–Crippen MR) is 75.9 cm³/mol. The first-order chi connectivity index (χ1) is 9.06. The zero-order valence-corrected chi connectivity index (χ0v) is 12.1. The summed E-state index contributed by atoms with van der Waals surface area (Å²) in [7, 11) is 0. The number of thioether (sulfide) groups is 1. The average Bonchev–Trinajstić information content (AvgIpc) is 2.37. The van der Waals surface area contributed by atoms with Crippen LogP contribution in [0.25, 0.3) is 0 Å². The van der Waals surface area contributed by atoms with Crippen molar-refractivity contribution in [1.82, 2.24) is 5.32 Å². The first kappa shape index (κ1) is 17.1. The molecule has 20 heavy (non-hydrogen) atoms. The molecule has 1 aromatic carbocycles. The van der Waals surface area contributed by atoms with Crippen LogP contribution in [-0.4, -0.2) is 30.0 Å². The molecule has 1 unspecified atom stereocenters. The third-order valence-electron chi connectivity index (χ3n) is 2.70. The molecule has 1 aromatic rings. The Morgan fingerprint density at radius 3 is 2.55 bits per heavy atom. The first-order valence-electron chi connectivity index (χ1n) is 5.82. The number of carbonyl (C=O) groups is 1. The largest absolute Gasteiger partial charge is 0.326 e. The Balaban J connectivity index is 0.00000200. The fourth-order valence-corrected chi connectivity index (χ4v) is 2.76. The average molecular weight is 327 g/mol. The van der Waals surface area contributed by atoms with Crippen molar-refractivity contribution in [3.05, 3.63) is 29.6 Å². The fraction of sp³-hybridized carbons (Fsp3) is 0.417. The Hall–Kier alpha value is -0.920. The van der Waals surface area contributed by atoms with E-state index in [2.05, 4.69) is 10.6 Å². The van der Waals surface area contributed by atoms with Crippen molar-refractivity contribution in [3.63, 3.8) is 0 Å². The number of rotatable bonds is 3. The molecule has 1 fully saturated rings. The van der Waals surface area contributed by atoms with Gasteiger partial charge in [0.2, 0.25) is 5.91 Å². The maximum Gasteiger partial charge on any atom is 0.225 e. The van der Waals surface area contributed by atoms with Gasteiger partial charge in [0.25, 0.3) is 0 Å². The number of nitrogens with one attached hydrogen (secondary N) is 2. The molecule has 1 heterocycles. The lowest BCUT2D eigenvalue weighted by atomic mass is 10.2. The topological polar surface area (TPSA) is 41.1 Å². The van der Waals surface area contributed by atoms with E-state index in [1.807, 2.05) is 0 Å². The van der Waals surface area contributed by atoms with Gasteiger partial charge in [-0.1, -0.05) is 0 Å². The molecule has 1 aliphatic rings. The van der Waals surface area contributed by atoms with Gasteiger partial charge >= 0.3 is 0 Å². The molecule has 1 amide bonds. The summed E-state index contributed by atoms with van der Waals surface area (Å²) in [5.41, 5.74) is -0.0788. The van der Waals surface area contributed by atoms with Gasteiger partial charge in [0.15, 0.2) is 17.5 Å². The van der Waals surface area contributed by atoms with Gasteiger partial charge in [-0.3, -0.25) is 4.79 Å². The number of hydrogen-bond acceptors (Lipinski definition) is 3. The molecule has 0 saturated carbocycles. The van der Waals surface area contributed by atoms with Crippen LogP contribution in [0.5, 0.6) is 0 Å². The van der Waals surface area contributed by atoms with Crippen molar-refractivity contribution >= 4 is 35.8 Å². The van der Waals surface area contributed by atoms with E-state index in [4.69, 9.17) is 0 Å². The van der Waals surface area contributed by atoms with Gasteiger partial charge in [-0.25, -0.2) is 13.2 Å². The van der Waals surface area contributed by atoms with Gasteiger partial charge in [0.1, 0.15) is 0 Å². The number of hydrogen-bond donors (Lipinski definition) is 2. The molecule has 2 N–H and O–H groups in total. The van der Waals surface area contributed by atoms with Crippen molar-refractivity contribution in [1.29, 1.82) is 0 Å². The summed E-state index contributed by atoms with van der Waals surface area (Å²) in [6.45, 7) is 0.836. The molecule has 112 valence electrons. The second-order valence-electron chi connectivity index (χ2n) is 4.23. The number of carbonyl (C=O) groups excluding carboxylic acids is 1. The highest BCUT2D eigenvalue weighted by molar-refractivity contribution is 7.99. The normalized spacial score (nSPS) is 18.2. The maximum atomic E-state index is 13.0. The molecule has 0 radical (unpaired) electrons. The molecule has 0 bridgehead atoms. The van der Waals surface area contributed by atoms with Gasteiger partial charge in [-0.2, -0.15) is 11.8 Å². The maximum absolute atomic E-state index is 13.0. The van der Waals surface area contributed by atoms with E-state index in [1.54, 1.807) is 11.8 Å². The van der Waals surface area contributed by atoms with E-state index < -0.39 is 17.5 Å². The lowest BCUT2D eigenvalue weighted by molar-refractivity contribution is -0.116. The van der Waals surface area contributed by atoms with Crippen LogP contribution in [0.3, 0.4) is 0 Å². The molecule has 8 heteroatoms. The molecule has 3 nitrogen and oxygen atoms in total. The minimum absolute atomic E-state index is 0. The zero-order chi connectivity index (χ0) is 13.8. The Kier molecular flexibility index (Phi) is 6.64. The summed E-state index contributed by atoms with van der Waals surface area (Å²) in [4.78, 5) is 11.7. The van der Waals surface area contributed by atoms with Crippen LogP contribution < -0.4 is 10.6 Å². The standard InChI is InChI=1S/C12H13F3N2OS.ClH/c13-9-3-7(4-10(14)12(9)15)17-11(18)5-8-6-19-2-1-16-8;/h3-4,8,16H,1-2,5-6H2,(H,17,18);1H. The van der Waals surface area contributed by atoms with Crippen LogP contribution in [0.4, 0.5) is 18.9 Å². The van der Waals surface area contributed by atoms with Crippen molar-refractivity contribution < 1.29 is 18.0 Å². The van der Waals surface area contributed by atoms with Gasteiger partial charge in [0.05, 0.1) is 0 Å². The van der Waals surface area contributed by atoms with Gasteiger partial charge < -0.3 is 10.6 Å². The second kappa shape index (κ2) is 7.75. The van der Waals surface area contributed by atoms with Crippen molar-refractivity contribution in [2.75, 3.05) is 23.4 Å². The summed E-state index contributed by atoms with van der Waals surface area (Å²) in [5, 5.41) is 5.54. The number of amides is 1. The van der Waals surface area contributed by atoms with Crippen molar-refractivity contribution in [3.8, 4) is 0 Å².